The quantitative estimate of drug-likeness (QED) is 0.861. The van der Waals surface area contributed by atoms with Crippen molar-refractivity contribution in [3.63, 3.8) is 0 Å². The maximum atomic E-state index is 5.83. The van der Waals surface area contributed by atoms with E-state index in [1.165, 1.54) is 0 Å². The third kappa shape index (κ3) is 3.46. The SMILES string of the molecule is CC(C)CN(c1nc(C(C)N)cs1)C(C)C. The van der Waals surface area contributed by atoms with Gasteiger partial charge in [0.1, 0.15) is 0 Å². The Hall–Kier alpha value is -0.610. The van der Waals surface area contributed by atoms with Gasteiger partial charge in [-0.1, -0.05) is 13.8 Å². The first kappa shape index (κ1) is 13.5. The molecule has 0 aliphatic heterocycles. The van der Waals surface area contributed by atoms with Crippen molar-refractivity contribution in [3.8, 4) is 0 Å². The fourth-order valence-corrected chi connectivity index (χ4v) is 2.59. The van der Waals surface area contributed by atoms with Crippen molar-refractivity contribution in [1.82, 2.24) is 4.98 Å². The maximum Gasteiger partial charge on any atom is 0.185 e. The summed E-state index contributed by atoms with van der Waals surface area (Å²) in [6.07, 6.45) is 0. The number of nitrogens with two attached hydrogens (primary N) is 1. The van der Waals surface area contributed by atoms with Gasteiger partial charge in [0.2, 0.25) is 0 Å². The van der Waals surface area contributed by atoms with Gasteiger partial charge >= 0.3 is 0 Å². The monoisotopic (exact) mass is 241 g/mol. The van der Waals surface area contributed by atoms with Gasteiger partial charge in [-0.25, -0.2) is 4.98 Å². The van der Waals surface area contributed by atoms with Gasteiger partial charge in [-0.2, -0.15) is 0 Å². The van der Waals surface area contributed by atoms with Gasteiger partial charge in [0.25, 0.3) is 0 Å². The van der Waals surface area contributed by atoms with Gasteiger partial charge < -0.3 is 10.6 Å². The Morgan fingerprint density at radius 2 is 1.94 bits per heavy atom. The molecule has 0 bridgehead atoms. The molecule has 0 saturated carbocycles. The van der Waals surface area contributed by atoms with E-state index in [9.17, 15) is 0 Å². The third-order valence-corrected chi connectivity index (χ3v) is 3.30. The van der Waals surface area contributed by atoms with Crippen LogP contribution in [0, 0.1) is 5.92 Å². The molecule has 2 N–H and O–H groups in total. The number of anilines is 1. The second-order valence-corrected chi connectivity index (χ2v) is 5.82. The Kier molecular flexibility index (Phi) is 4.74. The molecule has 0 radical (unpaired) electrons. The van der Waals surface area contributed by atoms with E-state index in [4.69, 9.17) is 5.73 Å². The highest BCUT2D eigenvalue weighted by Crippen LogP contribution is 2.25. The summed E-state index contributed by atoms with van der Waals surface area (Å²) in [6.45, 7) is 11.9. The molecule has 1 aromatic rings. The number of hydrogen-bond donors (Lipinski definition) is 1. The van der Waals surface area contributed by atoms with Gasteiger partial charge in [0.05, 0.1) is 5.69 Å². The van der Waals surface area contributed by atoms with Crippen LogP contribution in [0.15, 0.2) is 5.38 Å². The third-order valence-electron chi connectivity index (χ3n) is 2.41. The largest absolute Gasteiger partial charge is 0.345 e. The van der Waals surface area contributed by atoms with Crippen LogP contribution in [-0.2, 0) is 0 Å². The second-order valence-electron chi connectivity index (χ2n) is 4.98. The molecule has 1 rings (SSSR count). The van der Waals surface area contributed by atoms with Gasteiger partial charge in [-0.3, -0.25) is 0 Å². The number of nitrogens with zero attached hydrogens (tertiary/aromatic N) is 2. The minimum Gasteiger partial charge on any atom is -0.345 e. The van der Waals surface area contributed by atoms with Crippen LogP contribution in [0.2, 0.25) is 0 Å². The fourth-order valence-electron chi connectivity index (χ4n) is 1.52. The van der Waals surface area contributed by atoms with E-state index in [0.717, 1.165) is 17.4 Å². The van der Waals surface area contributed by atoms with Crippen LogP contribution in [-0.4, -0.2) is 17.6 Å². The number of hydrogen-bond acceptors (Lipinski definition) is 4. The Labute approximate surface area is 103 Å². The van der Waals surface area contributed by atoms with Crippen molar-refractivity contribution in [2.75, 3.05) is 11.4 Å². The molecule has 1 unspecified atom stereocenters. The van der Waals surface area contributed by atoms with Gasteiger partial charge in [-0.05, 0) is 26.7 Å². The summed E-state index contributed by atoms with van der Waals surface area (Å²) in [7, 11) is 0. The maximum absolute atomic E-state index is 5.83. The molecule has 1 heterocycles. The minimum atomic E-state index is 0.0260. The highest BCUT2D eigenvalue weighted by Gasteiger charge is 2.16. The summed E-state index contributed by atoms with van der Waals surface area (Å²) >= 11 is 1.69. The van der Waals surface area contributed by atoms with Gasteiger partial charge in [0, 0.05) is 24.0 Å². The van der Waals surface area contributed by atoms with Gasteiger partial charge in [0.15, 0.2) is 5.13 Å². The van der Waals surface area contributed by atoms with Crippen molar-refractivity contribution in [1.29, 1.82) is 0 Å². The first-order valence-electron chi connectivity index (χ1n) is 5.89. The van der Waals surface area contributed by atoms with E-state index >= 15 is 0 Å². The van der Waals surface area contributed by atoms with Crippen LogP contribution in [0.4, 0.5) is 5.13 Å². The minimum absolute atomic E-state index is 0.0260. The predicted molar refractivity (Wildman–Crippen MR) is 72.0 cm³/mol. The van der Waals surface area contributed by atoms with Crippen molar-refractivity contribution < 1.29 is 0 Å². The first-order chi connectivity index (χ1) is 7.41. The molecule has 1 atom stereocenters. The lowest BCUT2D eigenvalue weighted by atomic mass is 10.2. The number of rotatable bonds is 5. The van der Waals surface area contributed by atoms with Crippen LogP contribution in [0.5, 0.6) is 0 Å². The molecule has 16 heavy (non-hydrogen) atoms. The van der Waals surface area contributed by atoms with Crippen LogP contribution < -0.4 is 10.6 Å². The Bertz CT molecular complexity index is 318. The molecule has 0 spiro atoms. The van der Waals surface area contributed by atoms with E-state index in [1.807, 2.05) is 6.92 Å². The summed E-state index contributed by atoms with van der Waals surface area (Å²) in [4.78, 5) is 6.95. The van der Waals surface area contributed by atoms with Crippen LogP contribution in [0.3, 0.4) is 0 Å². The zero-order valence-electron chi connectivity index (χ0n) is 10.9. The topological polar surface area (TPSA) is 42.2 Å². The summed E-state index contributed by atoms with van der Waals surface area (Å²) in [6, 6.07) is 0.507. The molecule has 4 heteroatoms. The normalized spacial score (nSPS) is 13.5. The van der Waals surface area contributed by atoms with Crippen molar-refractivity contribution in [2.45, 2.75) is 46.7 Å². The Morgan fingerprint density at radius 1 is 1.31 bits per heavy atom. The lowest BCUT2D eigenvalue weighted by Gasteiger charge is -2.27. The summed E-state index contributed by atoms with van der Waals surface area (Å²) < 4.78 is 0. The number of aromatic nitrogens is 1. The summed E-state index contributed by atoms with van der Waals surface area (Å²) in [5, 5.41) is 3.16. The molecule has 0 aromatic carbocycles. The smallest absolute Gasteiger partial charge is 0.185 e. The molecule has 0 amide bonds. The molecule has 0 aliphatic carbocycles. The van der Waals surface area contributed by atoms with E-state index in [2.05, 4.69) is 43.0 Å². The van der Waals surface area contributed by atoms with E-state index in [0.29, 0.717) is 12.0 Å². The molecule has 1 aromatic heterocycles. The zero-order chi connectivity index (χ0) is 12.3. The lowest BCUT2D eigenvalue weighted by molar-refractivity contribution is 0.569. The molecule has 3 nitrogen and oxygen atoms in total. The number of thiazole rings is 1. The molecule has 0 saturated heterocycles. The highest BCUT2D eigenvalue weighted by molar-refractivity contribution is 7.13. The molecular formula is C12H23N3S. The van der Waals surface area contributed by atoms with Crippen molar-refractivity contribution in [2.24, 2.45) is 11.7 Å². The van der Waals surface area contributed by atoms with Crippen molar-refractivity contribution in [3.05, 3.63) is 11.1 Å². The molecular weight excluding hydrogens is 218 g/mol. The zero-order valence-corrected chi connectivity index (χ0v) is 11.7. The van der Waals surface area contributed by atoms with Crippen LogP contribution in [0.25, 0.3) is 0 Å². The Morgan fingerprint density at radius 3 is 2.31 bits per heavy atom. The summed E-state index contributed by atoms with van der Waals surface area (Å²) in [5.41, 5.74) is 6.83. The second kappa shape index (κ2) is 5.64. The average molecular weight is 241 g/mol. The van der Waals surface area contributed by atoms with Crippen molar-refractivity contribution >= 4 is 16.5 Å². The first-order valence-corrected chi connectivity index (χ1v) is 6.77. The summed E-state index contributed by atoms with van der Waals surface area (Å²) in [5.74, 6) is 0.644. The predicted octanol–water partition coefficient (Wildman–Crippen LogP) is 3.03. The van der Waals surface area contributed by atoms with Gasteiger partial charge in [-0.15, -0.1) is 11.3 Å². The fraction of sp³-hybridized carbons (Fsp3) is 0.750. The highest BCUT2D eigenvalue weighted by atomic mass is 32.1. The average Bonchev–Trinajstić information content (AvgIpc) is 2.61. The Balaban J connectivity index is 2.84. The molecule has 92 valence electrons. The molecule has 0 aliphatic rings. The van der Waals surface area contributed by atoms with E-state index < -0.39 is 0 Å². The van der Waals surface area contributed by atoms with E-state index in [1.54, 1.807) is 11.3 Å². The molecule has 0 fully saturated rings. The van der Waals surface area contributed by atoms with Crippen LogP contribution >= 0.6 is 11.3 Å². The van der Waals surface area contributed by atoms with Crippen LogP contribution in [0.1, 0.15) is 46.4 Å². The lowest BCUT2D eigenvalue weighted by Crippen LogP contribution is -2.34. The van der Waals surface area contributed by atoms with E-state index in [-0.39, 0.29) is 6.04 Å². The standard InChI is InChI=1S/C12H23N3S/c1-8(2)6-15(9(3)4)12-14-11(7-16-12)10(5)13/h7-10H,6,13H2,1-5H3.